The molecule has 2 heterocycles. The highest BCUT2D eigenvalue weighted by molar-refractivity contribution is 5.51. The highest BCUT2D eigenvalue weighted by Crippen LogP contribution is 2.34. The second-order valence-electron chi connectivity index (χ2n) is 6.14. The number of nitrogens with zero attached hydrogens (tertiary/aromatic N) is 2. The zero-order valence-electron chi connectivity index (χ0n) is 12.1. The Balaban J connectivity index is 1.77. The lowest BCUT2D eigenvalue weighted by atomic mass is 9.82. The Labute approximate surface area is 123 Å². The number of benzene rings is 1. The van der Waals surface area contributed by atoms with Crippen LogP contribution in [0.3, 0.4) is 0 Å². The van der Waals surface area contributed by atoms with Gasteiger partial charge in [0, 0.05) is 18.1 Å². The van der Waals surface area contributed by atoms with Gasteiger partial charge in [-0.05, 0) is 44.9 Å². The minimum absolute atomic E-state index is 0.01000. The Morgan fingerprint density at radius 2 is 1.76 bits per heavy atom. The van der Waals surface area contributed by atoms with Gasteiger partial charge in [0.05, 0.1) is 11.6 Å². The summed E-state index contributed by atoms with van der Waals surface area (Å²) in [6.45, 7) is 0. The van der Waals surface area contributed by atoms with Crippen molar-refractivity contribution in [2.45, 2.75) is 50.2 Å². The van der Waals surface area contributed by atoms with Crippen LogP contribution in [0, 0.1) is 23.0 Å². The van der Waals surface area contributed by atoms with E-state index >= 15 is 0 Å². The number of piperidine rings is 2. The zero-order chi connectivity index (χ0) is 15.0. The first-order chi connectivity index (χ1) is 10.1. The fraction of sp³-hybridized carbons (Fsp3) is 0.562. The van der Waals surface area contributed by atoms with E-state index in [9.17, 15) is 8.78 Å². The molecule has 2 unspecified atom stereocenters. The molecule has 3 nitrogen and oxygen atoms in total. The normalized spacial score (nSPS) is 29.0. The van der Waals surface area contributed by atoms with Crippen molar-refractivity contribution < 1.29 is 8.78 Å². The minimum Gasteiger partial charge on any atom is -0.377 e. The predicted octanol–water partition coefficient (Wildman–Crippen LogP) is 3.26. The second kappa shape index (κ2) is 5.61. The SMILES string of the molecule is CN1C2CCCC1CC(Nc1c(F)cc(C#N)cc1F)C2. The highest BCUT2D eigenvalue weighted by atomic mass is 19.1. The monoisotopic (exact) mass is 291 g/mol. The first-order valence-electron chi connectivity index (χ1n) is 7.46. The molecule has 21 heavy (non-hydrogen) atoms. The number of fused-ring (bicyclic) bond motifs is 2. The van der Waals surface area contributed by atoms with Crippen LogP contribution in [0.25, 0.3) is 0 Å². The molecule has 2 saturated heterocycles. The van der Waals surface area contributed by atoms with Crippen LogP contribution in [0.4, 0.5) is 14.5 Å². The topological polar surface area (TPSA) is 39.1 Å². The van der Waals surface area contributed by atoms with Gasteiger partial charge in [-0.3, -0.25) is 0 Å². The van der Waals surface area contributed by atoms with Gasteiger partial charge in [-0.15, -0.1) is 0 Å². The number of halogens is 2. The fourth-order valence-corrected chi connectivity index (χ4v) is 3.71. The van der Waals surface area contributed by atoms with E-state index in [1.165, 1.54) is 6.42 Å². The van der Waals surface area contributed by atoms with Crippen molar-refractivity contribution >= 4 is 5.69 Å². The van der Waals surface area contributed by atoms with Crippen LogP contribution in [-0.2, 0) is 0 Å². The first-order valence-corrected chi connectivity index (χ1v) is 7.46. The Bertz CT molecular complexity index is 544. The summed E-state index contributed by atoms with van der Waals surface area (Å²) in [6, 6.07) is 5.02. The highest BCUT2D eigenvalue weighted by Gasteiger charge is 2.36. The van der Waals surface area contributed by atoms with Crippen molar-refractivity contribution in [1.29, 1.82) is 5.26 Å². The van der Waals surface area contributed by atoms with E-state index < -0.39 is 11.6 Å². The molecule has 0 saturated carbocycles. The van der Waals surface area contributed by atoms with Crippen molar-refractivity contribution in [3.8, 4) is 6.07 Å². The summed E-state index contributed by atoms with van der Waals surface area (Å²) in [7, 11) is 2.15. The molecule has 3 rings (SSSR count). The molecular weight excluding hydrogens is 272 g/mol. The molecule has 2 fully saturated rings. The van der Waals surface area contributed by atoms with E-state index in [0.717, 1.165) is 37.8 Å². The Morgan fingerprint density at radius 3 is 2.29 bits per heavy atom. The molecule has 0 aliphatic carbocycles. The van der Waals surface area contributed by atoms with Gasteiger partial charge >= 0.3 is 0 Å². The third-order valence-corrected chi connectivity index (χ3v) is 4.86. The second-order valence-corrected chi connectivity index (χ2v) is 6.14. The largest absolute Gasteiger partial charge is 0.377 e. The number of rotatable bonds is 2. The molecule has 2 bridgehead atoms. The van der Waals surface area contributed by atoms with Crippen molar-refractivity contribution in [2.24, 2.45) is 0 Å². The van der Waals surface area contributed by atoms with E-state index in [1.807, 2.05) is 0 Å². The number of nitriles is 1. The van der Waals surface area contributed by atoms with Gasteiger partial charge in [0.25, 0.3) is 0 Å². The van der Waals surface area contributed by atoms with Crippen LogP contribution in [0.15, 0.2) is 12.1 Å². The van der Waals surface area contributed by atoms with E-state index in [4.69, 9.17) is 5.26 Å². The molecule has 2 aliphatic rings. The van der Waals surface area contributed by atoms with E-state index in [2.05, 4.69) is 17.3 Å². The van der Waals surface area contributed by atoms with Crippen LogP contribution in [-0.4, -0.2) is 30.1 Å². The number of hydrogen-bond acceptors (Lipinski definition) is 3. The Kier molecular flexibility index (Phi) is 3.81. The standard InChI is InChI=1S/C16H19F2N3/c1-21-12-3-2-4-13(21)8-11(7-12)20-16-14(17)5-10(9-19)6-15(16)18/h5-6,11-13,20H,2-4,7-8H2,1H3. The molecule has 0 radical (unpaired) electrons. The quantitative estimate of drug-likeness (QED) is 0.909. The maximum Gasteiger partial charge on any atom is 0.150 e. The van der Waals surface area contributed by atoms with E-state index in [-0.39, 0.29) is 17.3 Å². The van der Waals surface area contributed by atoms with E-state index in [0.29, 0.717) is 12.1 Å². The maximum atomic E-state index is 14.0. The van der Waals surface area contributed by atoms with Gasteiger partial charge in [0.15, 0.2) is 11.6 Å². The lowest BCUT2D eigenvalue weighted by Crippen LogP contribution is -2.52. The van der Waals surface area contributed by atoms with Gasteiger partial charge in [0.1, 0.15) is 5.69 Å². The molecule has 2 atom stereocenters. The average Bonchev–Trinajstić information content (AvgIpc) is 2.43. The predicted molar refractivity (Wildman–Crippen MR) is 76.9 cm³/mol. The summed E-state index contributed by atoms with van der Waals surface area (Å²) in [4.78, 5) is 2.41. The van der Waals surface area contributed by atoms with Crippen molar-refractivity contribution in [3.05, 3.63) is 29.3 Å². The smallest absolute Gasteiger partial charge is 0.150 e. The summed E-state index contributed by atoms with van der Waals surface area (Å²) in [6.07, 6.45) is 5.37. The average molecular weight is 291 g/mol. The Hall–Kier alpha value is -1.67. The molecule has 1 aromatic carbocycles. The summed E-state index contributed by atoms with van der Waals surface area (Å²) in [5.41, 5.74) is -0.0857. The Morgan fingerprint density at radius 1 is 1.19 bits per heavy atom. The summed E-state index contributed by atoms with van der Waals surface area (Å²) in [5, 5.41) is 11.8. The fourth-order valence-electron chi connectivity index (χ4n) is 3.71. The van der Waals surface area contributed by atoms with Crippen molar-refractivity contribution in [1.82, 2.24) is 4.90 Å². The van der Waals surface area contributed by atoms with Crippen LogP contribution in [0.2, 0.25) is 0 Å². The van der Waals surface area contributed by atoms with Crippen molar-refractivity contribution in [3.63, 3.8) is 0 Å². The maximum absolute atomic E-state index is 14.0. The molecule has 1 N–H and O–H groups in total. The molecule has 1 aromatic rings. The number of nitrogens with one attached hydrogen (secondary N) is 1. The molecule has 112 valence electrons. The summed E-state index contributed by atoms with van der Waals surface area (Å²) in [5.74, 6) is -1.37. The summed E-state index contributed by atoms with van der Waals surface area (Å²) < 4.78 is 27.9. The molecule has 2 aliphatic heterocycles. The minimum atomic E-state index is -0.685. The van der Waals surface area contributed by atoms with Crippen LogP contribution < -0.4 is 5.32 Å². The molecule has 0 aromatic heterocycles. The van der Waals surface area contributed by atoms with E-state index in [1.54, 1.807) is 6.07 Å². The van der Waals surface area contributed by atoms with Gasteiger partial charge < -0.3 is 10.2 Å². The molecular formula is C16H19F2N3. The third kappa shape index (κ3) is 2.73. The summed E-state index contributed by atoms with van der Waals surface area (Å²) >= 11 is 0. The lowest BCUT2D eigenvalue weighted by molar-refractivity contribution is 0.0607. The van der Waals surface area contributed by atoms with Gasteiger partial charge in [0.2, 0.25) is 0 Å². The molecule has 0 spiro atoms. The number of hydrogen-bond donors (Lipinski definition) is 1. The van der Waals surface area contributed by atoms with Gasteiger partial charge in [-0.1, -0.05) is 6.42 Å². The molecule has 0 amide bonds. The van der Waals surface area contributed by atoms with Crippen LogP contribution in [0.1, 0.15) is 37.7 Å². The lowest BCUT2D eigenvalue weighted by Gasteiger charge is -2.47. The third-order valence-electron chi connectivity index (χ3n) is 4.86. The van der Waals surface area contributed by atoms with Crippen LogP contribution >= 0.6 is 0 Å². The van der Waals surface area contributed by atoms with Gasteiger partial charge in [-0.2, -0.15) is 5.26 Å². The molecule has 5 heteroatoms. The first kappa shape index (κ1) is 14.3. The van der Waals surface area contributed by atoms with Gasteiger partial charge in [-0.25, -0.2) is 8.78 Å². The van der Waals surface area contributed by atoms with Crippen molar-refractivity contribution in [2.75, 3.05) is 12.4 Å². The number of anilines is 1. The zero-order valence-corrected chi connectivity index (χ0v) is 12.1. The van der Waals surface area contributed by atoms with Crippen LogP contribution in [0.5, 0.6) is 0 Å².